The molecule has 2 aromatic heterocycles. The normalized spacial score (nSPS) is 14.7. The lowest BCUT2D eigenvalue weighted by atomic mass is 10.0. The molecule has 0 spiro atoms. The molecule has 0 saturated carbocycles. The largest absolute Gasteiger partial charge is 0.349 e. The standard InChI is InChI=1S/C23H25FN4O2S/c1-16-6-7-21-25-18(13-28(21)12-16)14-31-15-22(29)27-10-8-17(9-11-27)26-23(30)19-4-2-3-5-20(19)24/h2-7,12-13,17H,8-11,14-15H2,1H3,(H,26,30). The van der Waals surface area contributed by atoms with Crippen molar-refractivity contribution in [3.05, 3.63) is 71.4 Å². The van der Waals surface area contributed by atoms with E-state index in [0.29, 0.717) is 37.4 Å². The van der Waals surface area contributed by atoms with E-state index in [2.05, 4.69) is 10.3 Å². The SMILES string of the molecule is Cc1ccc2nc(CSCC(=O)N3CCC(NC(=O)c4ccccc4F)CC3)cn2c1. The molecule has 1 N–H and O–H groups in total. The molecule has 0 radical (unpaired) electrons. The summed E-state index contributed by atoms with van der Waals surface area (Å²) >= 11 is 1.56. The molecule has 0 bridgehead atoms. The molecule has 0 aliphatic carbocycles. The number of rotatable bonds is 6. The fraction of sp³-hybridized carbons (Fsp3) is 0.348. The summed E-state index contributed by atoms with van der Waals surface area (Å²) in [5.74, 6) is 0.260. The third-order valence-corrected chi connectivity index (χ3v) is 6.38. The Morgan fingerprint density at radius 2 is 1.94 bits per heavy atom. The molecule has 4 rings (SSSR count). The van der Waals surface area contributed by atoms with Crippen molar-refractivity contribution in [1.82, 2.24) is 19.6 Å². The van der Waals surface area contributed by atoms with Gasteiger partial charge in [0.15, 0.2) is 0 Å². The first-order chi connectivity index (χ1) is 15.0. The number of nitrogens with one attached hydrogen (secondary N) is 1. The van der Waals surface area contributed by atoms with Crippen molar-refractivity contribution in [2.75, 3.05) is 18.8 Å². The van der Waals surface area contributed by atoms with Gasteiger partial charge in [0.25, 0.3) is 5.91 Å². The smallest absolute Gasteiger partial charge is 0.254 e. The van der Waals surface area contributed by atoms with Crippen LogP contribution in [0.5, 0.6) is 0 Å². The Morgan fingerprint density at radius 3 is 2.71 bits per heavy atom. The highest BCUT2D eigenvalue weighted by Gasteiger charge is 2.24. The molecule has 1 aliphatic heterocycles. The van der Waals surface area contributed by atoms with Crippen LogP contribution in [0.25, 0.3) is 5.65 Å². The Kier molecular flexibility index (Phi) is 6.56. The highest BCUT2D eigenvalue weighted by Crippen LogP contribution is 2.17. The molecule has 2 amide bonds. The number of piperidine rings is 1. The lowest BCUT2D eigenvalue weighted by Crippen LogP contribution is -2.47. The van der Waals surface area contributed by atoms with E-state index in [1.807, 2.05) is 40.8 Å². The number of hydrogen-bond donors (Lipinski definition) is 1. The van der Waals surface area contributed by atoms with E-state index >= 15 is 0 Å². The number of benzene rings is 1. The Morgan fingerprint density at radius 1 is 1.16 bits per heavy atom. The minimum atomic E-state index is -0.523. The molecular formula is C23H25FN4O2S. The first-order valence-electron chi connectivity index (χ1n) is 10.3. The molecule has 3 heterocycles. The fourth-order valence-corrected chi connectivity index (χ4v) is 4.55. The van der Waals surface area contributed by atoms with Gasteiger partial charge in [0.2, 0.25) is 5.91 Å². The Labute approximate surface area is 184 Å². The van der Waals surface area contributed by atoms with E-state index in [1.54, 1.807) is 23.9 Å². The summed E-state index contributed by atoms with van der Waals surface area (Å²) in [6.07, 6.45) is 5.38. The van der Waals surface area contributed by atoms with Crippen molar-refractivity contribution in [3.8, 4) is 0 Å². The lowest BCUT2D eigenvalue weighted by molar-refractivity contribution is -0.129. The van der Waals surface area contributed by atoms with Gasteiger partial charge in [-0.15, -0.1) is 11.8 Å². The first kappa shape index (κ1) is 21.4. The minimum Gasteiger partial charge on any atom is -0.349 e. The summed E-state index contributed by atoms with van der Waals surface area (Å²) in [6, 6.07) is 9.93. The molecule has 3 aromatic rings. The average molecular weight is 441 g/mol. The van der Waals surface area contributed by atoms with Gasteiger partial charge in [-0.05, 0) is 43.5 Å². The number of hydrogen-bond acceptors (Lipinski definition) is 4. The summed E-state index contributed by atoms with van der Waals surface area (Å²) < 4.78 is 15.8. The van der Waals surface area contributed by atoms with Gasteiger partial charge >= 0.3 is 0 Å². The molecular weight excluding hydrogens is 415 g/mol. The van der Waals surface area contributed by atoms with Gasteiger partial charge in [-0.1, -0.05) is 18.2 Å². The van der Waals surface area contributed by atoms with Crippen molar-refractivity contribution < 1.29 is 14.0 Å². The molecule has 1 fully saturated rings. The minimum absolute atomic E-state index is 0.0507. The maximum atomic E-state index is 13.8. The number of nitrogens with zero attached hydrogens (tertiary/aromatic N) is 3. The molecule has 31 heavy (non-hydrogen) atoms. The van der Waals surface area contributed by atoms with Crippen LogP contribution >= 0.6 is 11.8 Å². The zero-order valence-electron chi connectivity index (χ0n) is 17.4. The van der Waals surface area contributed by atoms with E-state index in [9.17, 15) is 14.0 Å². The second-order valence-corrected chi connectivity index (χ2v) is 8.79. The molecule has 0 unspecified atom stereocenters. The second-order valence-electron chi connectivity index (χ2n) is 7.81. The van der Waals surface area contributed by atoms with Crippen LogP contribution in [0.4, 0.5) is 4.39 Å². The summed E-state index contributed by atoms with van der Waals surface area (Å²) in [6.45, 7) is 3.23. The zero-order chi connectivity index (χ0) is 21.8. The van der Waals surface area contributed by atoms with E-state index in [4.69, 9.17) is 0 Å². The number of fused-ring (bicyclic) bond motifs is 1. The number of likely N-dealkylation sites (tertiary alicyclic amines) is 1. The molecule has 6 nitrogen and oxygen atoms in total. The van der Waals surface area contributed by atoms with Crippen LogP contribution in [0, 0.1) is 12.7 Å². The third kappa shape index (κ3) is 5.25. The van der Waals surface area contributed by atoms with Crippen LogP contribution in [-0.2, 0) is 10.5 Å². The number of carbonyl (C=O) groups excluding carboxylic acids is 2. The Hall–Kier alpha value is -2.87. The molecule has 1 aliphatic rings. The van der Waals surface area contributed by atoms with Crippen LogP contribution in [0.1, 0.15) is 34.5 Å². The van der Waals surface area contributed by atoms with Gasteiger partial charge in [0.1, 0.15) is 11.5 Å². The monoisotopic (exact) mass is 440 g/mol. The zero-order valence-corrected chi connectivity index (χ0v) is 18.2. The average Bonchev–Trinajstić information content (AvgIpc) is 3.16. The van der Waals surface area contributed by atoms with Crippen molar-refractivity contribution in [3.63, 3.8) is 0 Å². The third-order valence-electron chi connectivity index (χ3n) is 5.43. The number of thioether (sulfide) groups is 1. The topological polar surface area (TPSA) is 66.7 Å². The van der Waals surface area contributed by atoms with Crippen molar-refractivity contribution in [1.29, 1.82) is 0 Å². The molecule has 8 heteroatoms. The number of pyridine rings is 1. The fourth-order valence-electron chi connectivity index (χ4n) is 3.74. The predicted octanol–water partition coefficient (Wildman–Crippen LogP) is 3.44. The molecule has 1 saturated heterocycles. The van der Waals surface area contributed by atoms with Gasteiger partial charge in [0.05, 0.1) is 17.0 Å². The van der Waals surface area contributed by atoms with Crippen LogP contribution in [0.15, 0.2) is 48.8 Å². The Balaban J connectivity index is 1.21. The summed E-state index contributed by atoms with van der Waals surface area (Å²) in [7, 11) is 0. The van der Waals surface area contributed by atoms with E-state index in [1.165, 1.54) is 17.7 Å². The van der Waals surface area contributed by atoms with Crippen LogP contribution < -0.4 is 5.32 Å². The number of imidazole rings is 1. The maximum Gasteiger partial charge on any atom is 0.254 e. The van der Waals surface area contributed by atoms with Crippen molar-refractivity contribution in [2.24, 2.45) is 0 Å². The van der Waals surface area contributed by atoms with E-state index < -0.39 is 11.7 Å². The second kappa shape index (κ2) is 9.51. The van der Waals surface area contributed by atoms with Gasteiger partial charge in [0, 0.05) is 37.3 Å². The molecule has 162 valence electrons. The van der Waals surface area contributed by atoms with Gasteiger partial charge in [-0.3, -0.25) is 9.59 Å². The molecule has 1 aromatic carbocycles. The lowest BCUT2D eigenvalue weighted by Gasteiger charge is -2.32. The highest BCUT2D eigenvalue weighted by molar-refractivity contribution is 7.99. The maximum absolute atomic E-state index is 13.8. The number of halogens is 1. The van der Waals surface area contributed by atoms with Gasteiger partial charge in [-0.25, -0.2) is 9.37 Å². The highest BCUT2D eigenvalue weighted by atomic mass is 32.2. The number of carbonyl (C=O) groups is 2. The number of aryl methyl sites for hydroxylation is 1. The van der Waals surface area contributed by atoms with E-state index in [-0.39, 0.29) is 17.5 Å². The van der Waals surface area contributed by atoms with Crippen LogP contribution in [0.3, 0.4) is 0 Å². The number of amides is 2. The van der Waals surface area contributed by atoms with Gasteiger partial charge in [-0.2, -0.15) is 0 Å². The van der Waals surface area contributed by atoms with Crippen LogP contribution in [0.2, 0.25) is 0 Å². The Bertz CT molecular complexity index is 1090. The van der Waals surface area contributed by atoms with Crippen LogP contribution in [-0.4, -0.2) is 51.0 Å². The quantitative estimate of drug-likeness (QED) is 0.638. The summed E-state index contributed by atoms with van der Waals surface area (Å²) in [5.41, 5.74) is 3.09. The first-order valence-corrected chi connectivity index (χ1v) is 11.5. The van der Waals surface area contributed by atoms with Crippen molar-refractivity contribution >= 4 is 29.2 Å². The molecule has 0 atom stereocenters. The van der Waals surface area contributed by atoms with E-state index in [0.717, 1.165) is 11.3 Å². The summed E-state index contributed by atoms with van der Waals surface area (Å²) in [5, 5.41) is 2.88. The number of aromatic nitrogens is 2. The van der Waals surface area contributed by atoms with Gasteiger partial charge < -0.3 is 14.6 Å². The van der Waals surface area contributed by atoms with Crippen molar-refractivity contribution in [2.45, 2.75) is 31.6 Å². The predicted molar refractivity (Wildman–Crippen MR) is 120 cm³/mol. The summed E-state index contributed by atoms with van der Waals surface area (Å²) in [4.78, 5) is 31.2.